The van der Waals surface area contributed by atoms with Crippen LogP contribution in [0.5, 0.6) is 0 Å². The van der Waals surface area contributed by atoms with Crippen molar-refractivity contribution in [1.82, 2.24) is 4.98 Å². The fourth-order valence-electron chi connectivity index (χ4n) is 1.14. The second-order valence-electron chi connectivity index (χ2n) is 2.77. The highest BCUT2D eigenvalue weighted by atomic mass is 32.1. The zero-order valence-corrected chi connectivity index (χ0v) is 8.12. The molecule has 0 atom stereocenters. The lowest BCUT2D eigenvalue weighted by atomic mass is 10.2. The Labute approximate surface area is 85.2 Å². The van der Waals surface area contributed by atoms with Gasteiger partial charge in [-0.2, -0.15) is 0 Å². The quantitative estimate of drug-likeness (QED) is 0.812. The molecule has 0 saturated carbocycles. The Balaban J connectivity index is 2.46. The Morgan fingerprint density at radius 1 is 1.43 bits per heavy atom. The Bertz CT molecular complexity index is 451. The lowest BCUT2D eigenvalue weighted by molar-refractivity contribution is 0.1000. The van der Waals surface area contributed by atoms with Crippen LogP contribution >= 0.6 is 11.3 Å². The standard InChI is InChI=1S/C10H8N2OS/c11-10(13)7-3-4-12-8(6-7)9-2-1-5-14-9/h1-6H,(H2,11,13). The summed E-state index contributed by atoms with van der Waals surface area (Å²) in [6.07, 6.45) is 1.59. The number of pyridine rings is 1. The van der Waals surface area contributed by atoms with Crippen LogP contribution in [0.25, 0.3) is 10.6 Å². The van der Waals surface area contributed by atoms with E-state index in [0.29, 0.717) is 5.56 Å². The molecule has 2 aromatic rings. The molecule has 4 heteroatoms. The Morgan fingerprint density at radius 2 is 2.29 bits per heavy atom. The highest BCUT2D eigenvalue weighted by Crippen LogP contribution is 2.22. The van der Waals surface area contributed by atoms with Gasteiger partial charge in [0.1, 0.15) is 0 Å². The van der Waals surface area contributed by atoms with Gasteiger partial charge in [-0.15, -0.1) is 11.3 Å². The van der Waals surface area contributed by atoms with Crippen molar-refractivity contribution in [1.29, 1.82) is 0 Å². The Kier molecular flexibility index (Phi) is 2.28. The van der Waals surface area contributed by atoms with Gasteiger partial charge >= 0.3 is 0 Å². The summed E-state index contributed by atoms with van der Waals surface area (Å²) in [6, 6.07) is 7.21. The van der Waals surface area contributed by atoms with E-state index in [1.807, 2.05) is 17.5 Å². The summed E-state index contributed by atoms with van der Waals surface area (Å²) in [7, 11) is 0. The topological polar surface area (TPSA) is 56.0 Å². The van der Waals surface area contributed by atoms with Gasteiger partial charge in [0, 0.05) is 11.8 Å². The van der Waals surface area contributed by atoms with E-state index in [2.05, 4.69) is 4.98 Å². The zero-order valence-electron chi connectivity index (χ0n) is 7.31. The van der Waals surface area contributed by atoms with E-state index in [1.165, 1.54) is 0 Å². The Hall–Kier alpha value is -1.68. The van der Waals surface area contributed by atoms with Crippen molar-refractivity contribution in [2.75, 3.05) is 0 Å². The molecule has 3 nitrogen and oxygen atoms in total. The fraction of sp³-hybridized carbons (Fsp3) is 0. The number of thiophene rings is 1. The van der Waals surface area contributed by atoms with Crippen LogP contribution in [0.2, 0.25) is 0 Å². The van der Waals surface area contributed by atoms with Gasteiger partial charge < -0.3 is 5.73 Å². The highest BCUT2D eigenvalue weighted by Gasteiger charge is 2.04. The third-order valence-electron chi connectivity index (χ3n) is 1.82. The highest BCUT2D eigenvalue weighted by molar-refractivity contribution is 7.13. The van der Waals surface area contributed by atoms with E-state index in [9.17, 15) is 4.79 Å². The lowest BCUT2D eigenvalue weighted by Gasteiger charge is -1.98. The number of hydrogen-bond acceptors (Lipinski definition) is 3. The third-order valence-corrected chi connectivity index (χ3v) is 2.71. The van der Waals surface area contributed by atoms with Crippen LogP contribution in [0.3, 0.4) is 0 Å². The van der Waals surface area contributed by atoms with Crippen LogP contribution in [0.4, 0.5) is 0 Å². The SMILES string of the molecule is NC(=O)c1ccnc(-c2cccs2)c1. The number of carbonyl (C=O) groups is 1. The second-order valence-corrected chi connectivity index (χ2v) is 3.72. The van der Waals surface area contributed by atoms with Gasteiger partial charge in [-0.3, -0.25) is 9.78 Å². The summed E-state index contributed by atoms with van der Waals surface area (Å²) in [5.74, 6) is -0.426. The van der Waals surface area contributed by atoms with Crippen LogP contribution in [0.15, 0.2) is 35.8 Å². The van der Waals surface area contributed by atoms with Gasteiger partial charge in [0.15, 0.2) is 0 Å². The van der Waals surface area contributed by atoms with Crippen LogP contribution in [-0.2, 0) is 0 Å². The van der Waals surface area contributed by atoms with Crippen LogP contribution < -0.4 is 5.73 Å². The van der Waals surface area contributed by atoms with Crippen molar-refractivity contribution in [3.8, 4) is 10.6 Å². The minimum Gasteiger partial charge on any atom is -0.366 e. The van der Waals surface area contributed by atoms with Crippen LogP contribution in [-0.4, -0.2) is 10.9 Å². The van der Waals surface area contributed by atoms with Gasteiger partial charge in [0.2, 0.25) is 5.91 Å². The number of aromatic nitrogens is 1. The summed E-state index contributed by atoms with van der Waals surface area (Å²) in [6.45, 7) is 0. The molecule has 14 heavy (non-hydrogen) atoms. The lowest BCUT2D eigenvalue weighted by Crippen LogP contribution is -2.10. The average molecular weight is 204 g/mol. The molecule has 2 N–H and O–H groups in total. The molecule has 0 saturated heterocycles. The first-order chi connectivity index (χ1) is 6.77. The average Bonchev–Trinajstić information content (AvgIpc) is 2.71. The molecule has 0 bridgehead atoms. The first-order valence-electron chi connectivity index (χ1n) is 4.07. The van der Waals surface area contributed by atoms with E-state index in [1.54, 1.807) is 29.7 Å². The Morgan fingerprint density at radius 3 is 2.93 bits per heavy atom. The zero-order chi connectivity index (χ0) is 9.97. The van der Waals surface area contributed by atoms with Crippen LogP contribution in [0.1, 0.15) is 10.4 Å². The van der Waals surface area contributed by atoms with Crippen molar-refractivity contribution in [3.63, 3.8) is 0 Å². The molecule has 0 fully saturated rings. The minimum atomic E-state index is -0.426. The second kappa shape index (κ2) is 3.59. The van der Waals surface area contributed by atoms with E-state index in [0.717, 1.165) is 10.6 Å². The van der Waals surface area contributed by atoms with Gasteiger partial charge in [0.25, 0.3) is 0 Å². The molecule has 2 rings (SSSR count). The van der Waals surface area contributed by atoms with E-state index in [4.69, 9.17) is 5.73 Å². The molecule has 0 aliphatic carbocycles. The summed E-state index contributed by atoms with van der Waals surface area (Å²) in [5, 5.41) is 1.97. The number of nitrogens with two attached hydrogens (primary N) is 1. The number of carbonyl (C=O) groups excluding carboxylic acids is 1. The van der Waals surface area contributed by atoms with Gasteiger partial charge in [-0.05, 0) is 23.6 Å². The fourth-order valence-corrected chi connectivity index (χ4v) is 1.84. The smallest absolute Gasteiger partial charge is 0.248 e. The molecule has 0 radical (unpaired) electrons. The molecule has 2 heterocycles. The van der Waals surface area contributed by atoms with Crippen molar-refractivity contribution >= 4 is 17.2 Å². The molecule has 0 unspecified atom stereocenters. The number of hydrogen-bond donors (Lipinski definition) is 1. The molecule has 0 aromatic carbocycles. The minimum absolute atomic E-state index is 0.426. The molecular formula is C10H8N2OS. The number of primary amides is 1. The molecule has 70 valence electrons. The van der Waals surface area contributed by atoms with E-state index >= 15 is 0 Å². The first kappa shape index (κ1) is 8.90. The van der Waals surface area contributed by atoms with E-state index in [-0.39, 0.29) is 0 Å². The monoisotopic (exact) mass is 204 g/mol. The van der Waals surface area contributed by atoms with Crippen molar-refractivity contribution in [2.45, 2.75) is 0 Å². The maximum absolute atomic E-state index is 10.9. The van der Waals surface area contributed by atoms with Gasteiger partial charge in [0.05, 0.1) is 10.6 Å². The molecule has 0 aliphatic heterocycles. The third kappa shape index (κ3) is 1.65. The number of nitrogens with zero attached hydrogens (tertiary/aromatic N) is 1. The summed E-state index contributed by atoms with van der Waals surface area (Å²) >= 11 is 1.58. The maximum atomic E-state index is 10.9. The van der Waals surface area contributed by atoms with Crippen molar-refractivity contribution in [2.24, 2.45) is 5.73 Å². The maximum Gasteiger partial charge on any atom is 0.248 e. The molecule has 0 aliphatic rings. The predicted molar refractivity (Wildman–Crippen MR) is 56.1 cm³/mol. The first-order valence-corrected chi connectivity index (χ1v) is 4.95. The summed E-state index contributed by atoms with van der Waals surface area (Å²) < 4.78 is 0. The number of amides is 1. The summed E-state index contributed by atoms with van der Waals surface area (Å²) in [5.41, 5.74) is 6.45. The van der Waals surface area contributed by atoms with Gasteiger partial charge in [-0.1, -0.05) is 6.07 Å². The molecule has 0 spiro atoms. The predicted octanol–water partition coefficient (Wildman–Crippen LogP) is 1.91. The van der Waals surface area contributed by atoms with Gasteiger partial charge in [-0.25, -0.2) is 0 Å². The van der Waals surface area contributed by atoms with Crippen molar-refractivity contribution in [3.05, 3.63) is 41.4 Å². The van der Waals surface area contributed by atoms with Crippen molar-refractivity contribution < 1.29 is 4.79 Å². The normalized spacial score (nSPS) is 10.0. The molecule has 2 aromatic heterocycles. The van der Waals surface area contributed by atoms with E-state index < -0.39 is 5.91 Å². The molecule has 1 amide bonds. The van der Waals surface area contributed by atoms with Crippen LogP contribution in [0, 0.1) is 0 Å². The number of rotatable bonds is 2. The summed E-state index contributed by atoms with van der Waals surface area (Å²) in [4.78, 5) is 16.1. The molecular weight excluding hydrogens is 196 g/mol. The largest absolute Gasteiger partial charge is 0.366 e.